The van der Waals surface area contributed by atoms with Gasteiger partial charge in [-0.15, -0.1) is 0 Å². The van der Waals surface area contributed by atoms with Crippen molar-refractivity contribution in [2.45, 2.75) is 31.6 Å². The molecule has 1 aliphatic carbocycles. The molecule has 1 heterocycles. The van der Waals surface area contributed by atoms with Gasteiger partial charge >= 0.3 is 0 Å². The van der Waals surface area contributed by atoms with Crippen molar-refractivity contribution in [1.29, 1.82) is 0 Å². The molecule has 0 aliphatic heterocycles. The molecule has 0 bridgehead atoms. The first-order valence-corrected chi connectivity index (χ1v) is 5.23. The van der Waals surface area contributed by atoms with Gasteiger partial charge in [-0.25, -0.2) is 0 Å². The summed E-state index contributed by atoms with van der Waals surface area (Å²) in [4.78, 5) is 0. The van der Waals surface area contributed by atoms with E-state index < -0.39 is 0 Å². The maximum atomic E-state index is 5.83. The standard InChI is InChI=1S/C10H17N3O2/c1-3-14-10-8(11)4-9(10)15-7-5-12-13(2)6-7/h5-6,8-10H,3-4,11H2,1-2H3. The summed E-state index contributed by atoms with van der Waals surface area (Å²) in [5.74, 6) is 0.777. The third-order valence-electron chi connectivity index (χ3n) is 2.62. The second kappa shape index (κ2) is 4.20. The second-order valence-electron chi connectivity index (χ2n) is 3.83. The van der Waals surface area contributed by atoms with E-state index in [0.29, 0.717) is 6.61 Å². The molecule has 15 heavy (non-hydrogen) atoms. The summed E-state index contributed by atoms with van der Waals surface area (Å²) in [6.07, 6.45) is 4.48. The number of aryl methyl sites for hydroxylation is 1. The van der Waals surface area contributed by atoms with Gasteiger partial charge in [0.05, 0.1) is 12.4 Å². The quantitative estimate of drug-likeness (QED) is 0.778. The first-order chi connectivity index (χ1) is 7.20. The molecule has 0 saturated heterocycles. The van der Waals surface area contributed by atoms with Gasteiger partial charge in [0.2, 0.25) is 0 Å². The second-order valence-corrected chi connectivity index (χ2v) is 3.83. The molecule has 1 aromatic heterocycles. The fraction of sp³-hybridized carbons (Fsp3) is 0.700. The number of rotatable bonds is 4. The Morgan fingerprint density at radius 3 is 3.00 bits per heavy atom. The molecule has 0 spiro atoms. The van der Waals surface area contributed by atoms with Crippen molar-refractivity contribution in [3.8, 4) is 5.75 Å². The highest BCUT2D eigenvalue weighted by atomic mass is 16.5. The van der Waals surface area contributed by atoms with Gasteiger partial charge < -0.3 is 15.2 Å². The van der Waals surface area contributed by atoms with Crippen molar-refractivity contribution < 1.29 is 9.47 Å². The summed E-state index contributed by atoms with van der Waals surface area (Å²) in [6.45, 7) is 2.64. The smallest absolute Gasteiger partial charge is 0.157 e. The molecule has 1 aromatic rings. The van der Waals surface area contributed by atoms with E-state index >= 15 is 0 Å². The molecule has 1 aliphatic rings. The summed E-state index contributed by atoms with van der Waals surface area (Å²) >= 11 is 0. The third-order valence-corrected chi connectivity index (χ3v) is 2.62. The van der Waals surface area contributed by atoms with Crippen molar-refractivity contribution in [2.24, 2.45) is 12.8 Å². The maximum absolute atomic E-state index is 5.83. The Morgan fingerprint density at radius 1 is 1.67 bits per heavy atom. The molecule has 1 saturated carbocycles. The Bertz CT molecular complexity index is 326. The topological polar surface area (TPSA) is 62.3 Å². The molecule has 0 amide bonds. The lowest BCUT2D eigenvalue weighted by Gasteiger charge is -2.41. The summed E-state index contributed by atoms with van der Waals surface area (Å²) in [6, 6.07) is 0.103. The molecule has 2 N–H and O–H groups in total. The summed E-state index contributed by atoms with van der Waals surface area (Å²) in [7, 11) is 1.86. The van der Waals surface area contributed by atoms with Crippen LogP contribution >= 0.6 is 0 Å². The zero-order valence-corrected chi connectivity index (χ0v) is 9.09. The van der Waals surface area contributed by atoms with E-state index in [1.54, 1.807) is 10.9 Å². The van der Waals surface area contributed by atoms with E-state index in [1.165, 1.54) is 0 Å². The van der Waals surface area contributed by atoms with E-state index in [0.717, 1.165) is 12.2 Å². The largest absolute Gasteiger partial charge is 0.484 e. The molecule has 5 heteroatoms. The van der Waals surface area contributed by atoms with Crippen LogP contribution in [0.3, 0.4) is 0 Å². The van der Waals surface area contributed by atoms with Crippen molar-refractivity contribution in [2.75, 3.05) is 6.61 Å². The minimum atomic E-state index is 0.0233. The maximum Gasteiger partial charge on any atom is 0.157 e. The van der Waals surface area contributed by atoms with E-state index in [2.05, 4.69) is 5.10 Å². The van der Waals surface area contributed by atoms with Crippen LogP contribution in [0.2, 0.25) is 0 Å². The predicted octanol–water partition coefficient (Wildman–Crippen LogP) is 0.304. The van der Waals surface area contributed by atoms with Gasteiger partial charge in [-0.2, -0.15) is 5.10 Å². The Labute approximate surface area is 89.2 Å². The van der Waals surface area contributed by atoms with Gasteiger partial charge in [-0.3, -0.25) is 4.68 Å². The molecular formula is C10H17N3O2. The van der Waals surface area contributed by atoms with E-state index in [4.69, 9.17) is 15.2 Å². The number of nitrogens with zero attached hydrogens (tertiary/aromatic N) is 2. The van der Waals surface area contributed by atoms with Crippen LogP contribution < -0.4 is 10.5 Å². The molecule has 3 unspecified atom stereocenters. The van der Waals surface area contributed by atoms with E-state index in [1.807, 2.05) is 20.2 Å². The average Bonchev–Trinajstić information content (AvgIpc) is 2.60. The van der Waals surface area contributed by atoms with Crippen LogP contribution in [-0.2, 0) is 11.8 Å². The van der Waals surface area contributed by atoms with Gasteiger partial charge in [-0.05, 0) is 6.92 Å². The van der Waals surface area contributed by atoms with Crippen LogP contribution in [0.15, 0.2) is 12.4 Å². The van der Waals surface area contributed by atoms with Crippen molar-refractivity contribution in [3.63, 3.8) is 0 Å². The van der Waals surface area contributed by atoms with Crippen molar-refractivity contribution >= 4 is 0 Å². The van der Waals surface area contributed by atoms with Crippen molar-refractivity contribution in [3.05, 3.63) is 12.4 Å². The molecule has 2 rings (SSSR count). The number of aromatic nitrogens is 2. The van der Waals surface area contributed by atoms with Gasteiger partial charge in [0.15, 0.2) is 5.75 Å². The van der Waals surface area contributed by atoms with Crippen LogP contribution in [-0.4, -0.2) is 34.6 Å². The van der Waals surface area contributed by atoms with Crippen LogP contribution in [0.25, 0.3) is 0 Å². The van der Waals surface area contributed by atoms with Gasteiger partial charge in [0.1, 0.15) is 12.2 Å². The zero-order valence-electron chi connectivity index (χ0n) is 9.09. The highest BCUT2D eigenvalue weighted by Gasteiger charge is 2.41. The molecule has 0 aromatic carbocycles. The number of hydrogen-bond acceptors (Lipinski definition) is 4. The number of hydrogen-bond donors (Lipinski definition) is 1. The minimum Gasteiger partial charge on any atom is -0.484 e. The van der Waals surface area contributed by atoms with Gasteiger partial charge in [0.25, 0.3) is 0 Å². The average molecular weight is 211 g/mol. The fourth-order valence-corrected chi connectivity index (χ4v) is 1.79. The lowest BCUT2D eigenvalue weighted by molar-refractivity contribution is -0.0945. The van der Waals surface area contributed by atoms with Crippen LogP contribution in [0.1, 0.15) is 13.3 Å². The number of ether oxygens (including phenoxy) is 2. The van der Waals surface area contributed by atoms with Crippen molar-refractivity contribution in [1.82, 2.24) is 9.78 Å². The molecule has 3 atom stereocenters. The van der Waals surface area contributed by atoms with E-state index in [-0.39, 0.29) is 18.2 Å². The zero-order chi connectivity index (χ0) is 10.8. The van der Waals surface area contributed by atoms with Crippen LogP contribution in [0.5, 0.6) is 5.75 Å². The monoisotopic (exact) mass is 211 g/mol. The Hall–Kier alpha value is -1.07. The first-order valence-electron chi connectivity index (χ1n) is 5.23. The Kier molecular flexibility index (Phi) is 2.93. The normalized spacial score (nSPS) is 29.9. The summed E-state index contributed by atoms with van der Waals surface area (Å²) < 4.78 is 12.9. The molecular weight excluding hydrogens is 194 g/mol. The molecule has 5 nitrogen and oxygen atoms in total. The number of nitrogens with two attached hydrogens (primary N) is 1. The fourth-order valence-electron chi connectivity index (χ4n) is 1.79. The predicted molar refractivity (Wildman–Crippen MR) is 55.6 cm³/mol. The molecule has 1 fully saturated rings. The summed E-state index contributed by atoms with van der Waals surface area (Å²) in [5.41, 5.74) is 5.83. The first kappa shape index (κ1) is 10.4. The molecule has 84 valence electrons. The van der Waals surface area contributed by atoms with Crippen LogP contribution in [0, 0.1) is 0 Å². The molecule has 0 radical (unpaired) electrons. The van der Waals surface area contributed by atoms with Crippen LogP contribution in [0.4, 0.5) is 0 Å². The minimum absolute atomic E-state index is 0.0233. The highest BCUT2D eigenvalue weighted by Crippen LogP contribution is 2.27. The Balaban J connectivity index is 1.90. The Morgan fingerprint density at radius 2 is 2.47 bits per heavy atom. The van der Waals surface area contributed by atoms with Gasteiger partial charge in [0, 0.05) is 26.1 Å². The lowest BCUT2D eigenvalue weighted by atomic mass is 9.86. The lowest BCUT2D eigenvalue weighted by Crippen LogP contribution is -2.59. The van der Waals surface area contributed by atoms with Gasteiger partial charge in [-0.1, -0.05) is 0 Å². The summed E-state index contributed by atoms with van der Waals surface area (Å²) in [5, 5.41) is 4.04. The third kappa shape index (κ3) is 2.13. The highest BCUT2D eigenvalue weighted by molar-refractivity contribution is 5.14. The van der Waals surface area contributed by atoms with E-state index in [9.17, 15) is 0 Å². The SMILES string of the molecule is CCOC1C(N)CC1Oc1cnn(C)c1.